The molecule has 3 N–H and O–H groups in total. The van der Waals surface area contributed by atoms with Crippen molar-refractivity contribution in [2.24, 2.45) is 0 Å². The zero-order valence-electron chi connectivity index (χ0n) is 8.05. The van der Waals surface area contributed by atoms with Crippen LogP contribution in [-0.2, 0) is 4.79 Å². The Bertz CT molecular complexity index is 349. The molecule has 0 aliphatic rings. The molecule has 1 aromatic rings. The van der Waals surface area contributed by atoms with Crippen LogP contribution >= 0.6 is 0 Å². The number of hydrogen-bond donors (Lipinski definition) is 3. The molecular weight excluding hydrogens is 184 g/mol. The van der Waals surface area contributed by atoms with Crippen LogP contribution in [0.1, 0.15) is 21.6 Å². The van der Waals surface area contributed by atoms with Crippen LogP contribution in [0.25, 0.3) is 0 Å². The third-order valence-electron chi connectivity index (χ3n) is 1.90. The average molecular weight is 196 g/mol. The van der Waals surface area contributed by atoms with Crippen molar-refractivity contribution < 1.29 is 14.7 Å². The Labute approximate surface area is 81.1 Å². The molecule has 0 unspecified atom stereocenters. The normalized spacial score (nSPS) is 9.86. The lowest BCUT2D eigenvalue weighted by atomic mass is 10.1. The molecule has 1 rings (SSSR count). The number of rotatable bonds is 3. The number of carbonyl (C=O) groups excluding carboxylic acids is 1. The van der Waals surface area contributed by atoms with E-state index in [2.05, 4.69) is 10.3 Å². The van der Waals surface area contributed by atoms with Gasteiger partial charge in [-0.2, -0.15) is 0 Å². The van der Waals surface area contributed by atoms with Gasteiger partial charge >= 0.3 is 5.97 Å². The van der Waals surface area contributed by atoms with E-state index in [0.717, 1.165) is 11.3 Å². The van der Waals surface area contributed by atoms with E-state index in [0.29, 0.717) is 5.56 Å². The van der Waals surface area contributed by atoms with E-state index in [4.69, 9.17) is 5.11 Å². The molecule has 5 heteroatoms. The van der Waals surface area contributed by atoms with E-state index in [9.17, 15) is 9.59 Å². The van der Waals surface area contributed by atoms with E-state index in [1.165, 1.54) is 0 Å². The predicted octanol–water partition coefficient (Wildman–Crippen LogP) is 0.446. The van der Waals surface area contributed by atoms with Crippen molar-refractivity contribution in [1.29, 1.82) is 0 Å². The van der Waals surface area contributed by atoms with Crippen molar-refractivity contribution in [3.05, 3.63) is 23.0 Å². The Morgan fingerprint density at radius 1 is 1.50 bits per heavy atom. The molecule has 0 aliphatic carbocycles. The first-order chi connectivity index (χ1) is 6.52. The monoisotopic (exact) mass is 196 g/mol. The highest BCUT2D eigenvalue weighted by atomic mass is 16.4. The molecular formula is C9H12N2O3. The zero-order valence-corrected chi connectivity index (χ0v) is 8.05. The van der Waals surface area contributed by atoms with Gasteiger partial charge in [0.05, 0.1) is 5.56 Å². The zero-order chi connectivity index (χ0) is 10.7. The van der Waals surface area contributed by atoms with Crippen molar-refractivity contribution in [3.8, 4) is 0 Å². The van der Waals surface area contributed by atoms with Crippen LogP contribution < -0.4 is 5.32 Å². The van der Waals surface area contributed by atoms with Crippen molar-refractivity contribution in [3.63, 3.8) is 0 Å². The van der Waals surface area contributed by atoms with Gasteiger partial charge in [-0.15, -0.1) is 0 Å². The number of nitrogens with one attached hydrogen (secondary N) is 2. The summed E-state index contributed by atoms with van der Waals surface area (Å²) in [5.41, 5.74) is 2.07. The minimum Gasteiger partial charge on any atom is -0.480 e. The van der Waals surface area contributed by atoms with Gasteiger partial charge in [0.25, 0.3) is 5.91 Å². The maximum Gasteiger partial charge on any atom is 0.322 e. The van der Waals surface area contributed by atoms with Crippen molar-refractivity contribution in [1.82, 2.24) is 10.3 Å². The molecule has 1 amide bonds. The van der Waals surface area contributed by atoms with Crippen LogP contribution in [-0.4, -0.2) is 28.5 Å². The Balaban J connectivity index is 2.74. The molecule has 0 bridgehead atoms. The summed E-state index contributed by atoms with van der Waals surface area (Å²) in [5, 5.41) is 10.7. The maximum absolute atomic E-state index is 11.5. The SMILES string of the molecule is Cc1c[nH]c(C)c1C(=O)NCC(=O)O. The van der Waals surface area contributed by atoms with Gasteiger partial charge in [0.1, 0.15) is 6.54 Å². The second-order valence-corrected chi connectivity index (χ2v) is 3.05. The highest BCUT2D eigenvalue weighted by Gasteiger charge is 2.13. The number of aliphatic carboxylic acids is 1. The van der Waals surface area contributed by atoms with E-state index in [-0.39, 0.29) is 12.5 Å². The maximum atomic E-state index is 11.5. The highest BCUT2D eigenvalue weighted by molar-refractivity contribution is 5.98. The fourth-order valence-corrected chi connectivity index (χ4v) is 1.25. The first-order valence-electron chi connectivity index (χ1n) is 4.17. The minimum atomic E-state index is -1.05. The third-order valence-corrected chi connectivity index (χ3v) is 1.90. The second-order valence-electron chi connectivity index (χ2n) is 3.05. The molecule has 0 spiro atoms. The van der Waals surface area contributed by atoms with Crippen LogP contribution in [0.2, 0.25) is 0 Å². The Kier molecular flexibility index (Phi) is 2.91. The first-order valence-corrected chi connectivity index (χ1v) is 4.17. The summed E-state index contributed by atoms with van der Waals surface area (Å²) in [6.07, 6.45) is 1.71. The largest absolute Gasteiger partial charge is 0.480 e. The fraction of sp³-hybridized carbons (Fsp3) is 0.333. The van der Waals surface area contributed by atoms with Crippen molar-refractivity contribution >= 4 is 11.9 Å². The molecule has 0 saturated heterocycles. The molecule has 5 nitrogen and oxygen atoms in total. The number of carboxylic acids is 1. The summed E-state index contributed by atoms with van der Waals surface area (Å²) < 4.78 is 0. The fourth-order valence-electron chi connectivity index (χ4n) is 1.25. The molecule has 0 aliphatic heterocycles. The van der Waals surface area contributed by atoms with Gasteiger partial charge in [0, 0.05) is 11.9 Å². The van der Waals surface area contributed by atoms with Gasteiger partial charge < -0.3 is 15.4 Å². The molecule has 0 fully saturated rings. The lowest BCUT2D eigenvalue weighted by Gasteiger charge is -2.02. The quantitative estimate of drug-likeness (QED) is 0.656. The number of aromatic nitrogens is 1. The molecule has 1 aromatic heterocycles. The standard InChI is InChI=1S/C9H12N2O3/c1-5-3-10-6(2)8(5)9(14)11-4-7(12)13/h3,10H,4H2,1-2H3,(H,11,14)(H,12,13). The average Bonchev–Trinajstić information content (AvgIpc) is 2.42. The van der Waals surface area contributed by atoms with Gasteiger partial charge in [-0.3, -0.25) is 9.59 Å². The minimum absolute atomic E-state index is 0.358. The van der Waals surface area contributed by atoms with Crippen LogP contribution in [0, 0.1) is 13.8 Å². The summed E-state index contributed by atoms with van der Waals surface area (Å²) in [7, 11) is 0. The van der Waals surface area contributed by atoms with Crippen LogP contribution in [0.15, 0.2) is 6.20 Å². The molecule has 0 radical (unpaired) electrons. The predicted molar refractivity (Wildman–Crippen MR) is 50.2 cm³/mol. The van der Waals surface area contributed by atoms with E-state index in [1.54, 1.807) is 20.0 Å². The molecule has 0 saturated carbocycles. The number of hydrogen-bond acceptors (Lipinski definition) is 2. The smallest absolute Gasteiger partial charge is 0.322 e. The molecule has 0 atom stereocenters. The molecule has 14 heavy (non-hydrogen) atoms. The van der Waals surface area contributed by atoms with Gasteiger partial charge in [0.2, 0.25) is 0 Å². The summed E-state index contributed by atoms with van der Waals surface area (Å²) in [5.74, 6) is -1.41. The third kappa shape index (κ3) is 2.12. The van der Waals surface area contributed by atoms with Crippen molar-refractivity contribution in [2.45, 2.75) is 13.8 Å². The Morgan fingerprint density at radius 2 is 2.14 bits per heavy atom. The van der Waals surface area contributed by atoms with Gasteiger partial charge in [0.15, 0.2) is 0 Å². The van der Waals surface area contributed by atoms with E-state index < -0.39 is 5.97 Å². The molecule has 76 valence electrons. The number of aromatic amines is 1. The number of carboxylic acid groups (broad SMARTS) is 1. The summed E-state index contributed by atoms with van der Waals surface area (Å²) in [4.78, 5) is 24.6. The Hall–Kier alpha value is -1.78. The second kappa shape index (κ2) is 3.95. The lowest BCUT2D eigenvalue weighted by Crippen LogP contribution is -2.29. The van der Waals surface area contributed by atoms with Crippen LogP contribution in [0.4, 0.5) is 0 Å². The number of H-pyrrole nitrogens is 1. The van der Waals surface area contributed by atoms with E-state index >= 15 is 0 Å². The van der Waals surface area contributed by atoms with Crippen LogP contribution in [0.3, 0.4) is 0 Å². The highest BCUT2D eigenvalue weighted by Crippen LogP contribution is 2.11. The molecule has 1 heterocycles. The Morgan fingerprint density at radius 3 is 2.57 bits per heavy atom. The summed E-state index contributed by atoms with van der Waals surface area (Å²) in [6, 6.07) is 0. The van der Waals surface area contributed by atoms with Crippen molar-refractivity contribution in [2.75, 3.05) is 6.54 Å². The van der Waals surface area contributed by atoms with Gasteiger partial charge in [-0.05, 0) is 19.4 Å². The van der Waals surface area contributed by atoms with Gasteiger partial charge in [-0.1, -0.05) is 0 Å². The van der Waals surface area contributed by atoms with Gasteiger partial charge in [-0.25, -0.2) is 0 Å². The number of amides is 1. The van der Waals surface area contributed by atoms with E-state index in [1.807, 2.05) is 0 Å². The number of aryl methyl sites for hydroxylation is 2. The summed E-state index contributed by atoms with van der Waals surface area (Å²) in [6.45, 7) is 3.20. The first kappa shape index (κ1) is 10.3. The topological polar surface area (TPSA) is 82.2 Å². The lowest BCUT2D eigenvalue weighted by molar-refractivity contribution is -0.135. The summed E-state index contributed by atoms with van der Waals surface area (Å²) >= 11 is 0. The molecule has 0 aromatic carbocycles. The van der Waals surface area contributed by atoms with Crippen LogP contribution in [0.5, 0.6) is 0 Å². The number of carbonyl (C=O) groups is 2.